The van der Waals surface area contributed by atoms with Crippen LogP contribution in [-0.4, -0.2) is 49.6 Å². The molecule has 2 aliphatic rings. The van der Waals surface area contributed by atoms with Crippen LogP contribution in [0.3, 0.4) is 0 Å². The fraction of sp³-hybridized carbons (Fsp3) is 0.478. The van der Waals surface area contributed by atoms with Gasteiger partial charge in [-0.15, -0.1) is 0 Å². The summed E-state index contributed by atoms with van der Waals surface area (Å²) in [6.07, 6.45) is 5.46. The molecule has 28 heavy (non-hydrogen) atoms. The van der Waals surface area contributed by atoms with E-state index in [-0.39, 0.29) is 11.8 Å². The van der Waals surface area contributed by atoms with Crippen LogP contribution >= 0.6 is 0 Å². The fourth-order valence-electron chi connectivity index (χ4n) is 4.29. The van der Waals surface area contributed by atoms with Gasteiger partial charge in [0.05, 0.1) is 13.2 Å². The summed E-state index contributed by atoms with van der Waals surface area (Å²) in [6.45, 7) is 5.73. The number of carbonyl (C=O) groups is 2. The summed E-state index contributed by atoms with van der Waals surface area (Å²) in [6, 6.07) is 9.73. The molecule has 2 aromatic carbocycles. The van der Waals surface area contributed by atoms with Crippen molar-refractivity contribution < 1.29 is 14.3 Å². The molecule has 1 saturated heterocycles. The Bertz CT molecular complexity index is 865. The van der Waals surface area contributed by atoms with Crippen LogP contribution in [0.25, 0.3) is 10.8 Å². The summed E-state index contributed by atoms with van der Waals surface area (Å²) < 4.78 is 5.47. The van der Waals surface area contributed by atoms with Crippen LogP contribution in [0.5, 0.6) is 0 Å². The van der Waals surface area contributed by atoms with Gasteiger partial charge >= 0.3 is 0 Å². The van der Waals surface area contributed by atoms with Gasteiger partial charge in [-0.1, -0.05) is 44.7 Å². The first-order valence-corrected chi connectivity index (χ1v) is 10.5. The van der Waals surface area contributed by atoms with E-state index >= 15 is 0 Å². The molecular weight excluding hydrogens is 352 g/mol. The maximum absolute atomic E-state index is 13.1. The second-order valence-corrected chi connectivity index (χ2v) is 7.64. The van der Waals surface area contributed by atoms with Crippen molar-refractivity contribution in [2.75, 3.05) is 37.7 Å². The second kappa shape index (κ2) is 8.31. The van der Waals surface area contributed by atoms with Crippen molar-refractivity contribution in [2.24, 2.45) is 0 Å². The van der Waals surface area contributed by atoms with Gasteiger partial charge in [-0.25, -0.2) is 0 Å². The van der Waals surface area contributed by atoms with E-state index in [4.69, 9.17) is 4.74 Å². The molecule has 1 fully saturated rings. The van der Waals surface area contributed by atoms with Crippen LogP contribution in [-0.2, 0) is 4.74 Å². The lowest BCUT2D eigenvalue weighted by Crippen LogP contribution is -2.41. The van der Waals surface area contributed by atoms with Crippen LogP contribution in [0.4, 0.5) is 5.69 Å². The van der Waals surface area contributed by atoms with Gasteiger partial charge in [0.25, 0.3) is 11.8 Å². The van der Waals surface area contributed by atoms with E-state index in [1.807, 2.05) is 30.3 Å². The van der Waals surface area contributed by atoms with Gasteiger partial charge in [0.1, 0.15) is 0 Å². The monoisotopic (exact) mass is 380 g/mol. The Labute approximate surface area is 166 Å². The summed E-state index contributed by atoms with van der Waals surface area (Å²) in [4.78, 5) is 29.9. The molecule has 0 bridgehead atoms. The lowest BCUT2D eigenvalue weighted by atomic mass is 9.92. The molecule has 0 saturated carbocycles. The Balaban J connectivity index is 1.65. The van der Waals surface area contributed by atoms with Gasteiger partial charge in [-0.05, 0) is 24.6 Å². The van der Waals surface area contributed by atoms with Crippen LogP contribution < -0.4 is 4.90 Å². The number of benzene rings is 2. The lowest BCUT2D eigenvalue weighted by molar-refractivity contribution is 0.0607. The number of morpholine rings is 1. The summed E-state index contributed by atoms with van der Waals surface area (Å²) in [5.41, 5.74) is 2.38. The number of nitrogens with zero attached hydrogens (tertiary/aromatic N) is 2. The zero-order chi connectivity index (χ0) is 19.5. The first-order valence-electron chi connectivity index (χ1n) is 10.5. The van der Waals surface area contributed by atoms with Crippen molar-refractivity contribution in [3.8, 4) is 0 Å². The number of carbonyl (C=O) groups excluding carboxylic acids is 2. The lowest BCUT2D eigenvalue weighted by Gasteiger charge is -2.32. The van der Waals surface area contributed by atoms with Gasteiger partial charge in [-0.2, -0.15) is 0 Å². The number of hydrogen-bond acceptors (Lipinski definition) is 4. The molecule has 4 rings (SSSR count). The zero-order valence-corrected chi connectivity index (χ0v) is 16.6. The highest BCUT2D eigenvalue weighted by Crippen LogP contribution is 2.36. The average Bonchev–Trinajstić information content (AvgIpc) is 2.74. The molecule has 2 aliphatic heterocycles. The van der Waals surface area contributed by atoms with Crippen LogP contribution in [0, 0.1) is 0 Å². The maximum Gasteiger partial charge on any atom is 0.261 e. The Morgan fingerprint density at radius 3 is 2.36 bits per heavy atom. The summed E-state index contributed by atoms with van der Waals surface area (Å²) in [7, 11) is 0. The highest BCUT2D eigenvalue weighted by Gasteiger charge is 2.33. The Morgan fingerprint density at radius 2 is 1.61 bits per heavy atom. The minimum atomic E-state index is -0.155. The molecule has 0 atom stereocenters. The van der Waals surface area contributed by atoms with Crippen molar-refractivity contribution >= 4 is 28.3 Å². The van der Waals surface area contributed by atoms with Gasteiger partial charge in [0.15, 0.2) is 0 Å². The summed E-state index contributed by atoms with van der Waals surface area (Å²) >= 11 is 0. The minimum Gasteiger partial charge on any atom is -0.378 e. The third kappa shape index (κ3) is 3.39. The predicted molar refractivity (Wildman–Crippen MR) is 111 cm³/mol. The molecule has 2 amide bonds. The van der Waals surface area contributed by atoms with Gasteiger partial charge < -0.3 is 9.64 Å². The largest absolute Gasteiger partial charge is 0.378 e. The second-order valence-electron chi connectivity index (χ2n) is 7.64. The number of unbranched alkanes of at least 4 members (excludes halogenated alkanes) is 4. The summed E-state index contributed by atoms with van der Waals surface area (Å²) in [5, 5.41) is 1.80. The summed E-state index contributed by atoms with van der Waals surface area (Å²) in [5.74, 6) is -0.310. The van der Waals surface area contributed by atoms with Crippen molar-refractivity contribution in [1.29, 1.82) is 0 Å². The topological polar surface area (TPSA) is 49.9 Å². The fourth-order valence-corrected chi connectivity index (χ4v) is 4.29. The highest BCUT2D eigenvalue weighted by atomic mass is 16.5. The van der Waals surface area contributed by atoms with E-state index < -0.39 is 0 Å². The van der Waals surface area contributed by atoms with E-state index in [1.165, 1.54) is 17.7 Å². The third-order valence-electron chi connectivity index (χ3n) is 5.81. The van der Waals surface area contributed by atoms with E-state index in [0.717, 1.165) is 48.8 Å². The molecule has 5 nitrogen and oxygen atoms in total. The van der Waals surface area contributed by atoms with Crippen molar-refractivity contribution in [3.05, 3.63) is 41.5 Å². The van der Waals surface area contributed by atoms with Crippen LogP contribution in [0.1, 0.15) is 59.7 Å². The molecule has 0 aromatic heterocycles. The van der Waals surface area contributed by atoms with E-state index in [1.54, 1.807) is 0 Å². The van der Waals surface area contributed by atoms with E-state index in [0.29, 0.717) is 30.9 Å². The molecule has 0 N–H and O–H groups in total. The predicted octanol–water partition coefficient (Wildman–Crippen LogP) is 4.24. The van der Waals surface area contributed by atoms with E-state index in [2.05, 4.69) is 11.8 Å². The third-order valence-corrected chi connectivity index (χ3v) is 5.81. The number of anilines is 1. The standard InChI is InChI=1S/C23H28N2O3/c1-2-3-4-5-6-12-25-22(26)18-9-7-8-17-20(24-13-15-28-16-14-24)11-10-19(21(17)18)23(25)27/h7-11H,2-6,12-16H2,1H3. The molecule has 2 heterocycles. The van der Waals surface area contributed by atoms with E-state index in [9.17, 15) is 9.59 Å². The first-order chi connectivity index (χ1) is 13.7. The van der Waals surface area contributed by atoms with Crippen molar-refractivity contribution in [1.82, 2.24) is 4.90 Å². The van der Waals surface area contributed by atoms with Gasteiger partial charge in [0, 0.05) is 47.2 Å². The average molecular weight is 380 g/mol. The molecule has 148 valence electrons. The Hall–Kier alpha value is -2.40. The molecule has 0 spiro atoms. The quantitative estimate of drug-likeness (QED) is 0.532. The molecule has 0 unspecified atom stereocenters. The molecule has 2 aromatic rings. The van der Waals surface area contributed by atoms with Gasteiger partial charge in [0.2, 0.25) is 0 Å². The molecule has 0 aliphatic carbocycles. The van der Waals surface area contributed by atoms with Crippen LogP contribution in [0.15, 0.2) is 30.3 Å². The molecular formula is C23H28N2O3. The van der Waals surface area contributed by atoms with Crippen LogP contribution in [0.2, 0.25) is 0 Å². The first kappa shape index (κ1) is 18.9. The highest BCUT2D eigenvalue weighted by molar-refractivity contribution is 6.26. The molecule has 0 radical (unpaired) electrons. The number of ether oxygens (including phenoxy) is 1. The maximum atomic E-state index is 13.1. The van der Waals surface area contributed by atoms with Crippen molar-refractivity contribution in [3.63, 3.8) is 0 Å². The number of imide groups is 1. The Kier molecular flexibility index (Phi) is 5.62. The SMILES string of the molecule is CCCCCCCN1C(=O)c2cccc3c(N4CCOCC4)ccc(c23)C1=O. The zero-order valence-electron chi connectivity index (χ0n) is 16.6. The molecule has 5 heteroatoms. The van der Waals surface area contributed by atoms with Crippen molar-refractivity contribution in [2.45, 2.75) is 39.0 Å². The minimum absolute atomic E-state index is 0.155. The number of hydrogen-bond donors (Lipinski definition) is 0. The smallest absolute Gasteiger partial charge is 0.261 e. The number of rotatable bonds is 7. The Morgan fingerprint density at radius 1 is 0.893 bits per heavy atom. The van der Waals surface area contributed by atoms with Gasteiger partial charge in [-0.3, -0.25) is 14.5 Å². The number of amides is 2. The normalized spacial score (nSPS) is 16.9.